The smallest absolute Gasteiger partial charge is 0.319 e. The minimum Gasteiger partial charge on any atom is -0.338 e. The Morgan fingerprint density at radius 2 is 1.88 bits per heavy atom. The van der Waals surface area contributed by atoms with Crippen LogP contribution in [0.3, 0.4) is 0 Å². The van der Waals surface area contributed by atoms with Gasteiger partial charge in [-0.1, -0.05) is 31.5 Å². The van der Waals surface area contributed by atoms with Crippen LogP contribution in [-0.2, 0) is 0 Å². The van der Waals surface area contributed by atoms with Gasteiger partial charge in [0.25, 0.3) is 0 Å². The fourth-order valence-corrected chi connectivity index (χ4v) is 1.29. The molecule has 0 atom stereocenters. The SMILES string of the molecule is Cc1ccc(NC(=O)NCCC(C)C)cc1. The molecule has 3 nitrogen and oxygen atoms in total. The molecule has 0 spiro atoms. The summed E-state index contributed by atoms with van der Waals surface area (Å²) >= 11 is 0. The standard InChI is InChI=1S/C13H20N2O/c1-10(2)8-9-14-13(16)15-12-6-4-11(3)5-7-12/h4-7,10H,8-9H2,1-3H3,(H2,14,15,16). The van der Waals surface area contributed by atoms with Crippen molar-refractivity contribution in [2.75, 3.05) is 11.9 Å². The van der Waals surface area contributed by atoms with Crippen LogP contribution in [0.25, 0.3) is 0 Å². The summed E-state index contributed by atoms with van der Waals surface area (Å²) in [6.45, 7) is 7.01. The maximum atomic E-state index is 11.5. The number of amides is 2. The highest BCUT2D eigenvalue weighted by atomic mass is 16.2. The third-order valence-electron chi connectivity index (χ3n) is 2.32. The van der Waals surface area contributed by atoms with Crippen LogP contribution in [0.5, 0.6) is 0 Å². The first-order valence-corrected chi connectivity index (χ1v) is 5.69. The number of hydrogen-bond acceptors (Lipinski definition) is 1. The predicted molar refractivity (Wildman–Crippen MR) is 67.7 cm³/mol. The van der Waals surface area contributed by atoms with Crippen molar-refractivity contribution in [2.45, 2.75) is 27.2 Å². The first-order chi connectivity index (χ1) is 7.58. The number of aryl methyl sites for hydroxylation is 1. The van der Waals surface area contributed by atoms with Gasteiger partial charge in [0.1, 0.15) is 0 Å². The minimum atomic E-state index is -0.135. The van der Waals surface area contributed by atoms with E-state index in [1.54, 1.807) is 0 Å². The molecule has 2 amide bonds. The fraction of sp³-hybridized carbons (Fsp3) is 0.462. The summed E-state index contributed by atoms with van der Waals surface area (Å²) < 4.78 is 0. The van der Waals surface area contributed by atoms with E-state index in [4.69, 9.17) is 0 Å². The Kier molecular flexibility index (Phi) is 4.83. The number of benzene rings is 1. The van der Waals surface area contributed by atoms with Crippen molar-refractivity contribution in [1.82, 2.24) is 5.32 Å². The molecule has 1 aromatic rings. The topological polar surface area (TPSA) is 41.1 Å². The molecular formula is C13H20N2O. The molecule has 0 saturated heterocycles. The van der Waals surface area contributed by atoms with Crippen LogP contribution in [-0.4, -0.2) is 12.6 Å². The molecule has 0 bridgehead atoms. The van der Waals surface area contributed by atoms with Gasteiger partial charge in [0, 0.05) is 12.2 Å². The second kappa shape index (κ2) is 6.16. The molecule has 0 heterocycles. The molecule has 88 valence electrons. The maximum Gasteiger partial charge on any atom is 0.319 e. The second-order valence-electron chi connectivity index (χ2n) is 4.43. The van der Waals surface area contributed by atoms with Crippen molar-refractivity contribution in [2.24, 2.45) is 5.92 Å². The van der Waals surface area contributed by atoms with Gasteiger partial charge in [0.05, 0.1) is 0 Å². The minimum absolute atomic E-state index is 0.135. The summed E-state index contributed by atoms with van der Waals surface area (Å²) in [5.74, 6) is 0.611. The van der Waals surface area contributed by atoms with Crippen LogP contribution in [0.1, 0.15) is 25.8 Å². The van der Waals surface area contributed by atoms with Crippen molar-refractivity contribution in [1.29, 1.82) is 0 Å². The number of rotatable bonds is 4. The highest BCUT2D eigenvalue weighted by molar-refractivity contribution is 5.89. The first kappa shape index (κ1) is 12.6. The number of nitrogens with one attached hydrogen (secondary N) is 2. The van der Waals surface area contributed by atoms with Gasteiger partial charge in [-0.05, 0) is 31.4 Å². The molecule has 1 aromatic carbocycles. The van der Waals surface area contributed by atoms with Gasteiger partial charge in [-0.3, -0.25) is 0 Å². The molecular weight excluding hydrogens is 200 g/mol. The summed E-state index contributed by atoms with van der Waals surface area (Å²) in [5, 5.41) is 5.62. The normalized spacial score (nSPS) is 10.2. The number of urea groups is 1. The molecule has 0 aliphatic rings. The van der Waals surface area contributed by atoms with E-state index in [2.05, 4.69) is 24.5 Å². The van der Waals surface area contributed by atoms with Gasteiger partial charge in [0.15, 0.2) is 0 Å². The molecule has 0 saturated carbocycles. The van der Waals surface area contributed by atoms with E-state index >= 15 is 0 Å². The molecule has 0 unspecified atom stereocenters. The molecule has 0 radical (unpaired) electrons. The van der Waals surface area contributed by atoms with E-state index in [0.717, 1.165) is 18.7 Å². The molecule has 2 N–H and O–H groups in total. The third kappa shape index (κ3) is 4.82. The van der Waals surface area contributed by atoms with Crippen LogP contribution in [0.15, 0.2) is 24.3 Å². The van der Waals surface area contributed by atoms with Crippen molar-refractivity contribution in [3.8, 4) is 0 Å². The fourth-order valence-electron chi connectivity index (χ4n) is 1.29. The van der Waals surface area contributed by atoms with Crippen LogP contribution in [0.4, 0.5) is 10.5 Å². The van der Waals surface area contributed by atoms with E-state index in [9.17, 15) is 4.79 Å². The first-order valence-electron chi connectivity index (χ1n) is 5.69. The van der Waals surface area contributed by atoms with Crippen LogP contribution in [0.2, 0.25) is 0 Å². The molecule has 0 aliphatic heterocycles. The Labute approximate surface area is 97.2 Å². The second-order valence-corrected chi connectivity index (χ2v) is 4.43. The largest absolute Gasteiger partial charge is 0.338 e. The molecule has 0 aromatic heterocycles. The lowest BCUT2D eigenvalue weighted by Gasteiger charge is -2.08. The zero-order valence-corrected chi connectivity index (χ0v) is 10.2. The number of carbonyl (C=O) groups excluding carboxylic acids is 1. The highest BCUT2D eigenvalue weighted by Crippen LogP contribution is 2.08. The van der Waals surface area contributed by atoms with Crippen LogP contribution in [0, 0.1) is 12.8 Å². The Bertz CT molecular complexity index is 330. The molecule has 3 heteroatoms. The van der Waals surface area contributed by atoms with Crippen molar-refractivity contribution < 1.29 is 4.79 Å². The van der Waals surface area contributed by atoms with Gasteiger partial charge in [-0.15, -0.1) is 0 Å². The Hall–Kier alpha value is -1.51. The summed E-state index contributed by atoms with van der Waals surface area (Å²) in [5.41, 5.74) is 2.01. The molecule has 1 rings (SSSR count). The quantitative estimate of drug-likeness (QED) is 0.804. The lowest BCUT2D eigenvalue weighted by molar-refractivity contribution is 0.251. The number of hydrogen-bond donors (Lipinski definition) is 2. The lowest BCUT2D eigenvalue weighted by atomic mass is 10.1. The van der Waals surface area contributed by atoms with Crippen molar-refractivity contribution >= 4 is 11.7 Å². The van der Waals surface area contributed by atoms with E-state index in [1.807, 2.05) is 31.2 Å². The van der Waals surface area contributed by atoms with E-state index in [-0.39, 0.29) is 6.03 Å². The van der Waals surface area contributed by atoms with Gasteiger partial charge in [0.2, 0.25) is 0 Å². The van der Waals surface area contributed by atoms with Crippen LogP contribution < -0.4 is 10.6 Å². The third-order valence-corrected chi connectivity index (χ3v) is 2.32. The van der Waals surface area contributed by atoms with Gasteiger partial charge < -0.3 is 10.6 Å². The summed E-state index contributed by atoms with van der Waals surface area (Å²) in [6, 6.07) is 7.62. The van der Waals surface area contributed by atoms with Gasteiger partial charge >= 0.3 is 6.03 Å². The summed E-state index contributed by atoms with van der Waals surface area (Å²) in [7, 11) is 0. The molecule has 0 fully saturated rings. The maximum absolute atomic E-state index is 11.5. The Morgan fingerprint density at radius 3 is 2.44 bits per heavy atom. The monoisotopic (exact) mass is 220 g/mol. The van der Waals surface area contributed by atoms with E-state index < -0.39 is 0 Å². The van der Waals surface area contributed by atoms with Crippen molar-refractivity contribution in [3.05, 3.63) is 29.8 Å². The molecule has 16 heavy (non-hydrogen) atoms. The highest BCUT2D eigenvalue weighted by Gasteiger charge is 2.01. The van der Waals surface area contributed by atoms with E-state index in [0.29, 0.717) is 5.92 Å². The summed E-state index contributed by atoms with van der Waals surface area (Å²) in [4.78, 5) is 11.5. The van der Waals surface area contributed by atoms with Gasteiger partial charge in [-0.25, -0.2) is 4.79 Å². The zero-order valence-electron chi connectivity index (χ0n) is 10.2. The lowest BCUT2D eigenvalue weighted by Crippen LogP contribution is -2.30. The number of carbonyl (C=O) groups is 1. The predicted octanol–water partition coefficient (Wildman–Crippen LogP) is 3.16. The van der Waals surface area contributed by atoms with E-state index in [1.165, 1.54) is 5.56 Å². The Morgan fingerprint density at radius 1 is 1.25 bits per heavy atom. The zero-order chi connectivity index (χ0) is 12.0. The average Bonchev–Trinajstić information content (AvgIpc) is 2.21. The van der Waals surface area contributed by atoms with Crippen LogP contribution >= 0.6 is 0 Å². The Balaban J connectivity index is 2.31. The van der Waals surface area contributed by atoms with Crippen molar-refractivity contribution in [3.63, 3.8) is 0 Å². The average molecular weight is 220 g/mol. The number of anilines is 1. The molecule has 0 aliphatic carbocycles. The summed E-state index contributed by atoms with van der Waals surface area (Å²) in [6.07, 6.45) is 1.00. The van der Waals surface area contributed by atoms with Gasteiger partial charge in [-0.2, -0.15) is 0 Å².